The van der Waals surface area contributed by atoms with Crippen LogP contribution in [0.1, 0.15) is 58.2 Å². The van der Waals surface area contributed by atoms with Crippen LogP contribution in [0.5, 0.6) is 0 Å². The molecule has 0 saturated heterocycles. The van der Waals surface area contributed by atoms with Crippen molar-refractivity contribution in [2.75, 3.05) is 0 Å². The lowest BCUT2D eigenvalue weighted by Gasteiger charge is -2.35. The van der Waals surface area contributed by atoms with Crippen LogP contribution in [-0.2, 0) is 10.8 Å². The summed E-state index contributed by atoms with van der Waals surface area (Å²) < 4.78 is 0. The first kappa shape index (κ1) is 29.8. The first-order valence-electron chi connectivity index (χ1n) is 14.4. The van der Waals surface area contributed by atoms with E-state index >= 15 is 0 Å². The lowest BCUT2D eigenvalue weighted by Crippen LogP contribution is -2.74. The highest BCUT2D eigenvalue weighted by molar-refractivity contribution is 7.19. The molecule has 0 aliphatic heterocycles. The van der Waals surface area contributed by atoms with Crippen molar-refractivity contribution in [1.82, 2.24) is 0 Å². The van der Waals surface area contributed by atoms with Crippen LogP contribution in [0.3, 0.4) is 0 Å². The molecule has 1 heteroatoms. The highest BCUT2D eigenvalue weighted by Crippen LogP contribution is 2.23. The van der Waals surface area contributed by atoms with Gasteiger partial charge in [-0.1, -0.05) is 175 Å². The fraction of sp³-hybridized carbons (Fsp3) is 0.200. The molecule has 0 amide bonds. The van der Waals surface area contributed by atoms with Gasteiger partial charge in [0, 0.05) is 5.56 Å². The molecule has 0 bridgehead atoms. The van der Waals surface area contributed by atoms with Gasteiger partial charge in [0.25, 0.3) is 0 Å². The topological polar surface area (TPSA) is 0 Å². The molecule has 41 heavy (non-hydrogen) atoms. The van der Waals surface area contributed by atoms with Gasteiger partial charge in [-0.05, 0) is 54.8 Å². The molecule has 0 atom stereocenters. The number of hydrogen-bond donors (Lipinski definition) is 0. The molecule has 0 spiro atoms. The second-order valence-electron chi connectivity index (χ2n) is 12.7. The van der Waals surface area contributed by atoms with Crippen molar-refractivity contribution in [2.24, 2.45) is 0 Å². The van der Waals surface area contributed by atoms with Crippen LogP contribution in [0.2, 0.25) is 0 Å². The second-order valence-corrected chi connectivity index (χ2v) is 16.5. The third-order valence-corrected chi connectivity index (χ3v) is 12.5. The summed E-state index contributed by atoms with van der Waals surface area (Å²) in [7, 11) is -2.41. The molecule has 0 aromatic heterocycles. The van der Waals surface area contributed by atoms with E-state index in [0.717, 1.165) is 5.56 Å². The molecular weight excluding hydrogens is 509 g/mol. The highest BCUT2D eigenvalue weighted by atomic mass is 28.3. The van der Waals surface area contributed by atoms with E-state index in [-0.39, 0.29) is 10.8 Å². The standard InChI is InChI=1S/C28H28Si.C12H14/c1-28(2,3)23-14-13-21-27(22-23)29(24-15-7-4-8-16-24,25-17-9-5-10-18-25)26-19-11-6-12-20-26;1-5-10-7-6-8-11(9-10)12(2,3)4/h4-22H,1-3H3;1,6-9H,2-4H3. The van der Waals surface area contributed by atoms with E-state index in [1.807, 2.05) is 12.1 Å². The predicted octanol–water partition coefficient (Wildman–Crippen LogP) is 7.33. The lowest BCUT2D eigenvalue weighted by molar-refractivity contribution is 0.590. The molecule has 0 heterocycles. The third-order valence-electron chi connectivity index (χ3n) is 7.68. The Kier molecular flexibility index (Phi) is 9.17. The molecule has 0 N–H and O–H groups in total. The summed E-state index contributed by atoms with van der Waals surface area (Å²) in [5.74, 6) is 2.64. The van der Waals surface area contributed by atoms with Crippen LogP contribution < -0.4 is 20.7 Å². The van der Waals surface area contributed by atoms with Gasteiger partial charge in [0.05, 0.1) is 0 Å². The van der Waals surface area contributed by atoms with Gasteiger partial charge >= 0.3 is 0 Å². The third kappa shape index (κ3) is 6.79. The maximum atomic E-state index is 5.31. The van der Waals surface area contributed by atoms with Gasteiger partial charge in [0.2, 0.25) is 0 Å². The fourth-order valence-electron chi connectivity index (χ4n) is 5.36. The van der Waals surface area contributed by atoms with Crippen LogP contribution in [0.4, 0.5) is 0 Å². The van der Waals surface area contributed by atoms with E-state index in [9.17, 15) is 0 Å². The average molecular weight is 551 g/mol. The molecule has 0 aliphatic carbocycles. The minimum atomic E-state index is -2.41. The van der Waals surface area contributed by atoms with Gasteiger partial charge in [0.1, 0.15) is 0 Å². The van der Waals surface area contributed by atoms with Crippen LogP contribution in [-0.4, -0.2) is 8.07 Å². The van der Waals surface area contributed by atoms with Gasteiger partial charge in [0.15, 0.2) is 8.07 Å². The molecular formula is C40H42Si. The van der Waals surface area contributed by atoms with Crippen molar-refractivity contribution in [2.45, 2.75) is 52.4 Å². The molecule has 5 aromatic carbocycles. The fourth-order valence-corrected chi connectivity index (χ4v) is 10.2. The predicted molar refractivity (Wildman–Crippen MR) is 182 cm³/mol. The van der Waals surface area contributed by atoms with Crippen molar-refractivity contribution >= 4 is 28.8 Å². The summed E-state index contributed by atoms with van der Waals surface area (Å²) >= 11 is 0. The quantitative estimate of drug-likeness (QED) is 0.125. The summed E-state index contributed by atoms with van der Waals surface area (Å²) in [6, 6.07) is 50.8. The Bertz CT molecular complexity index is 1480. The van der Waals surface area contributed by atoms with E-state index < -0.39 is 8.07 Å². The Morgan fingerprint density at radius 2 is 0.805 bits per heavy atom. The summed E-state index contributed by atoms with van der Waals surface area (Å²) in [4.78, 5) is 0. The Hall–Kier alpha value is -4.12. The molecule has 206 valence electrons. The van der Waals surface area contributed by atoms with Gasteiger partial charge in [-0.3, -0.25) is 0 Å². The summed E-state index contributed by atoms with van der Waals surface area (Å²) in [5.41, 5.74) is 3.93. The van der Waals surface area contributed by atoms with Gasteiger partial charge in [-0.2, -0.15) is 0 Å². The Labute approximate surface area is 249 Å². The van der Waals surface area contributed by atoms with E-state index in [1.165, 1.54) is 31.9 Å². The first-order valence-corrected chi connectivity index (χ1v) is 16.4. The van der Waals surface area contributed by atoms with Gasteiger partial charge < -0.3 is 0 Å². The zero-order valence-electron chi connectivity index (χ0n) is 25.4. The summed E-state index contributed by atoms with van der Waals surface area (Å²) in [5, 5.41) is 5.70. The SMILES string of the molecule is C#Cc1cccc(C(C)(C)C)c1.CC(C)(C)c1cccc([Si](c2ccccc2)(c2ccccc2)c2ccccc2)c1. The second kappa shape index (κ2) is 12.6. The summed E-state index contributed by atoms with van der Waals surface area (Å²) in [6.45, 7) is 13.4. The maximum Gasteiger partial charge on any atom is 0.179 e. The van der Waals surface area contributed by atoms with Gasteiger partial charge in [-0.15, -0.1) is 6.42 Å². The van der Waals surface area contributed by atoms with Crippen LogP contribution in [0.25, 0.3) is 0 Å². The molecule has 0 saturated carbocycles. The van der Waals surface area contributed by atoms with E-state index in [2.05, 4.69) is 175 Å². The monoisotopic (exact) mass is 550 g/mol. The van der Waals surface area contributed by atoms with Crippen LogP contribution in [0, 0.1) is 12.3 Å². The minimum absolute atomic E-state index is 0.111. The molecule has 5 rings (SSSR count). The molecule has 5 aromatic rings. The van der Waals surface area contributed by atoms with E-state index in [1.54, 1.807) is 0 Å². The molecule has 0 nitrogen and oxygen atoms in total. The lowest BCUT2D eigenvalue weighted by atomic mass is 9.86. The number of hydrogen-bond acceptors (Lipinski definition) is 0. The van der Waals surface area contributed by atoms with Crippen molar-refractivity contribution in [1.29, 1.82) is 0 Å². The Morgan fingerprint density at radius 1 is 0.439 bits per heavy atom. The average Bonchev–Trinajstić information content (AvgIpc) is 2.99. The largest absolute Gasteiger partial charge is 0.179 e. The Balaban J connectivity index is 0.000000271. The molecule has 0 unspecified atom stereocenters. The minimum Gasteiger partial charge on any atom is -0.115 e. The first-order chi connectivity index (χ1) is 19.6. The Morgan fingerprint density at radius 3 is 1.20 bits per heavy atom. The maximum absolute atomic E-state index is 5.31. The zero-order valence-corrected chi connectivity index (χ0v) is 26.4. The smallest absolute Gasteiger partial charge is 0.115 e. The molecule has 0 fully saturated rings. The van der Waals surface area contributed by atoms with Crippen molar-refractivity contribution in [3.05, 3.63) is 156 Å². The number of terminal acetylenes is 1. The van der Waals surface area contributed by atoms with Gasteiger partial charge in [-0.25, -0.2) is 0 Å². The zero-order chi connectivity index (χ0) is 29.5. The van der Waals surface area contributed by atoms with E-state index in [0.29, 0.717) is 0 Å². The number of benzene rings is 5. The van der Waals surface area contributed by atoms with E-state index in [4.69, 9.17) is 6.42 Å². The molecule has 0 radical (unpaired) electrons. The van der Waals surface area contributed by atoms with Crippen molar-refractivity contribution in [3.8, 4) is 12.3 Å². The van der Waals surface area contributed by atoms with Crippen molar-refractivity contribution in [3.63, 3.8) is 0 Å². The number of rotatable bonds is 4. The molecule has 0 aliphatic rings. The van der Waals surface area contributed by atoms with Crippen LogP contribution >= 0.6 is 0 Å². The summed E-state index contributed by atoms with van der Waals surface area (Å²) in [6.07, 6.45) is 5.31. The van der Waals surface area contributed by atoms with Crippen molar-refractivity contribution < 1.29 is 0 Å². The highest BCUT2D eigenvalue weighted by Gasteiger charge is 2.41. The van der Waals surface area contributed by atoms with Crippen LogP contribution in [0.15, 0.2) is 140 Å². The normalized spacial score (nSPS) is 11.6.